The van der Waals surface area contributed by atoms with Crippen LogP contribution in [-0.4, -0.2) is 38.2 Å². The normalized spacial score (nSPS) is 10.9. The number of benzene rings is 6. The van der Waals surface area contributed by atoms with Gasteiger partial charge in [0.25, 0.3) is 0 Å². The fraction of sp³-hybridized carbons (Fsp3) is 0.0435. The van der Waals surface area contributed by atoms with Crippen LogP contribution < -0.4 is 19.7 Å². The second-order valence-electron chi connectivity index (χ2n) is 11.6. The van der Waals surface area contributed by atoms with Crippen LogP contribution in [0.25, 0.3) is 12.2 Å². The number of ether oxygens (including phenoxy) is 2. The molecule has 0 atom stereocenters. The molecule has 55 heavy (non-hydrogen) atoms. The quantitative estimate of drug-likeness (QED) is 0.0530. The number of methoxy groups -OCH3 is 2. The molecule has 268 valence electrons. The summed E-state index contributed by atoms with van der Waals surface area (Å²) in [5, 5.41) is 23.4. The van der Waals surface area contributed by atoms with Crippen molar-refractivity contribution in [3.8, 4) is 23.0 Å². The van der Waals surface area contributed by atoms with Crippen LogP contribution in [0.3, 0.4) is 0 Å². The maximum atomic E-state index is 12.4. The average molecular weight is 778 g/mol. The fourth-order valence-corrected chi connectivity index (χ4v) is 4.91. The Morgan fingerprint density at radius 2 is 0.891 bits per heavy atom. The first-order chi connectivity index (χ1) is 26.3. The Labute approximate surface area is 333 Å². The van der Waals surface area contributed by atoms with Crippen molar-refractivity contribution in [1.29, 1.82) is 0 Å². The number of hydrogen-bond acceptors (Lipinski definition) is 8. The monoisotopic (exact) mass is 776 g/mol. The summed E-state index contributed by atoms with van der Waals surface area (Å²) >= 11 is 0. The largest absolute Gasteiger partial charge is 2.00 e. The molecule has 0 spiro atoms. The van der Waals surface area contributed by atoms with E-state index in [9.17, 15) is 19.8 Å². The second-order valence-corrected chi connectivity index (χ2v) is 11.6. The van der Waals surface area contributed by atoms with E-state index >= 15 is 0 Å². The first-order valence-electron chi connectivity index (χ1n) is 16.8. The smallest absolute Gasteiger partial charge is 0.872 e. The van der Waals surface area contributed by atoms with Gasteiger partial charge in [-0.2, -0.15) is 0 Å². The van der Waals surface area contributed by atoms with Crippen molar-refractivity contribution < 1.29 is 48.8 Å². The van der Waals surface area contributed by atoms with Crippen LogP contribution in [0.15, 0.2) is 168 Å². The summed E-state index contributed by atoms with van der Waals surface area (Å²) in [6.45, 7) is 0. The number of carbonyl (C=O) groups excluding carboxylic acids is 2. The summed E-state index contributed by atoms with van der Waals surface area (Å²) in [4.78, 5) is 33.4. The van der Waals surface area contributed by atoms with Crippen LogP contribution >= 0.6 is 0 Å². The molecular weight excluding hydrogens is 742 g/mol. The van der Waals surface area contributed by atoms with E-state index < -0.39 is 0 Å². The molecule has 0 aliphatic heterocycles. The molecule has 6 rings (SSSR count). The molecule has 0 amide bonds. The first kappa shape index (κ1) is 41.1. The standard InChI is InChI=1S/2C23H19NO3.Zn/c2*1-27-21-12-9-17(10-13-21)11-14-23(26)18-6-4-7-20(15-18)24-16-19-5-2-3-8-22(19)25;/h2*2-16,25H,1H3;/q;;+2/p-2/b2*14-11+,24-16?;. The Hall–Kier alpha value is -6.70. The van der Waals surface area contributed by atoms with E-state index in [2.05, 4.69) is 9.98 Å². The molecule has 0 fully saturated rings. The maximum absolute atomic E-state index is 12.4. The van der Waals surface area contributed by atoms with Gasteiger partial charge >= 0.3 is 19.5 Å². The van der Waals surface area contributed by atoms with Crippen LogP contribution in [0.4, 0.5) is 11.4 Å². The maximum Gasteiger partial charge on any atom is 2.00 e. The van der Waals surface area contributed by atoms with Gasteiger partial charge in [-0.05, 0) is 82.9 Å². The van der Waals surface area contributed by atoms with Crippen molar-refractivity contribution in [2.75, 3.05) is 14.2 Å². The molecule has 0 unspecified atom stereocenters. The molecule has 0 bridgehead atoms. The number of hydrogen-bond donors (Lipinski definition) is 0. The Morgan fingerprint density at radius 3 is 1.25 bits per heavy atom. The van der Waals surface area contributed by atoms with Crippen molar-refractivity contribution in [2.24, 2.45) is 9.98 Å². The molecule has 0 heterocycles. The minimum atomic E-state index is -0.118. The van der Waals surface area contributed by atoms with Crippen LogP contribution in [-0.2, 0) is 19.5 Å². The molecule has 0 aliphatic rings. The van der Waals surface area contributed by atoms with Crippen molar-refractivity contribution in [1.82, 2.24) is 0 Å². The van der Waals surface area contributed by atoms with Crippen LogP contribution in [0.2, 0.25) is 0 Å². The van der Waals surface area contributed by atoms with E-state index in [0.29, 0.717) is 33.6 Å². The van der Waals surface area contributed by atoms with Gasteiger partial charge in [-0.25, -0.2) is 0 Å². The molecule has 0 saturated carbocycles. The van der Waals surface area contributed by atoms with Crippen molar-refractivity contribution in [3.05, 3.63) is 191 Å². The number of nitrogens with zero attached hydrogens (tertiary/aromatic N) is 2. The molecule has 8 nitrogen and oxygen atoms in total. The van der Waals surface area contributed by atoms with Gasteiger partial charge in [0.2, 0.25) is 0 Å². The average Bonchev–Trinajstić information content (AvgIpc) is 3.22. The van der Waals surface area contributed by atoms with Crippen molar-refractivity contribution >= 4 is 47.5 Å². The van der Waals surface area contributed by atoms with E-state index in [1.165, 1.54) is 36.7 Å². The zero-order chi connectivity index (χ0) is 38.1. The third kappa shape index (κ3) is 12.7. The third-order valence-electron chi connectivity index (χ3n) is 7.89. The Balaban J connectivity index is 0.000000240. The van der Waals surface area contributed by atoms with Gasteiger partial charge < -0.3 is 19.7 Å². The summed E-state index contributed by atoms with van der Waals surface area (Å²) < 4.78 is 10.2. The minimum Gasteiger partial charge on any atom is -0.872 e. The predicted molar refractivity (Wildman–Crippen MR) is 212 cm³/mol. The molecular formula is C46H36N2O6Zn. The van der Waals surface area contributed by atoms with Gasteiger partial charge in [0.1, 0.15) is 11.5 Å². The van der Waals surface area contributed by atoms with E-state index in [4.69, 9.17) is 9.47 Å². The molecule has 0 aliphatic carbocycles. The first-order valence-corrected chi connectivity index (χ1v) is 16.8. The fourth-order valence-electron chi connectivity index (χ4n) is 4.91. The Morgan fingerprint density at radius 1 is 0.509 bits per heavy atom. The van der Waals surface area contributed by atoms with E-state index in [0.717, 1.165) is 22.6 Å². The van der Waals surface area contributed by atoms with Crippen molar-refractivity contribution in [2.45, 2.75) is 0 Å². The van der Waals surface area contributed by atoms with E-state index in [1.54, 1.807) is 111 Å². The number of rotatable bonds is 12. The van der Waals surface area contributed by atoms with Gasteiger partial charge in [-0.1, -0.05) is 109 Å². The number of allylic oxidation sites excluding steroid dienone is 2. The second kappa shape index (κ2) is 21.1. The number of aliphatic imine (C=N–C) groups is 2. The molecule has 0 radical (unpaired) electrons. The van der Waals surface area contributed by atoms with E-state index in [1.807, 2.05) is 48.5 Å². The Bertz CT molecular complexity index is 2150. The van der Waals surface area contributed by atoms with Crippen LogP contribution in [0.1, 0.15) is 43.0 Å². The number of carbonyl (C=O) groups is 2. The molecule has 9 heteroatoms. The molecule has 0 saturated heterocycles. The zero-order valence-electron chi connectivity index (χ0n) is 30.4. The van der Waals surface area contributed by atoms with E-state index in [-0.39, 0.29) is 42.5 Å². The topological polar surface area (TPSA) is 123 Å². The summed E-state index contributed by atoms with van der Waals surface area (Å²) in [5.74, 6) is 1.12. The molecule has 6 aromatic carbocycles. The summed E-state index contributed by atoms with van der Waals surface area (Å²) in [6.07, 6.45) is 9.59. The molecule has 0 aromatic heterocycles. The molecule has 0 N–H and O–H groups in total. The van der Waals surface area contributed by atoms with Gasteiger partial charge in [-0.3, -0.25) is 19.6 Å². The van der Waals surface area contributed by atoms with Gasteiger partial charge in [0, 0.05) is 23.6 Å². The third-order valence-corrected chi connectivity index (χ3v) is 7.89. The zero-order valence-corrected chi connectivity index (χ0v) is 33.3. The summed E-state index contributed by atoms with van der Waals surface area (Å²) in [5.41, 5.74) is 5.12. The minimum absolute atomic E-state index is 0. The summed E-state index contributed by atoms with van der Waals surface area (Å²) in [6, 6.07) is 42.2. The summed E-state index contributed by atoms with van der Waals surface area (Å²) in [7, 11) is 3.22. The van der Waals surface area contributed by atoms with Crippen LogP contribution in [0.5, 0.6) is 23.0 Å². The number of para-hydroxylation sites is 2. The van der Waals surface area contributed by atoms with Crippen molar-refractivity contribution in [3.63, 3.8) is 0 Å². The van der Waals surface area contributed by atoms with Gasteiger partial charge in [0.15, 0.2) is 11.6 Å². The Kier molecular flexibility index (Phi) is 15.8. The molecule has 6 aromatic rings. The van der Waals surface area contributed by atoms with Gasteiger partial charge in [0.05, 0.1) is 25.6 Å². The number of ketones is 2. The van der Waals surface area contributed by atoms with Gasteiger partial charge in [-0.15, -0.1) is 11.5 Å². The van der Waals surface area contributed by atoms with Crippen LogP contribution in [0, 0.1) is 0 Å². The predicted octanol–water partition coefficient (Wildman–Crippen LogP) is 8.83. The SMILES string of the molecule is COc1ccc(/C=C/C(=O)c2cccc(N=Cc3ccccc3[O-])c2)cc1.COc1ccc(/C=C/C(=O)c2cccc(N=Cc3ccccc3[O-])c2)cc1.[Zn+2].